The Labute approximate surface area is 97.8 Å². The van der Waals surface area contributed by atoms with Crippen molar-refractivity contribution in [2.24, 2.45) is 0 Å². The van der Waals surface area contributed by atoms with Crippen molar-refractivity contribution in [2.75, 3.05) is 7.11 Å². The van der Waals surface area contributed by atoms with Gasteiger partial charge in [-0.1, -0.05) is 36.4 Å². The van der Waals surface area contributed by atoms with Crippen molar-refractivity contribution in [3.8, 4) is 0 Å². The van der Waals surface area contributed by atoms with Gasteiger partial charge >= 0.3 is 5.97 Å². The van der Waals surface area contributed by atoms with Crippen molar-refractivity contribution < 1.29 is 9.53 Å². The van der Waals surface area contributed by atoms with Crippen LogP contribution in [0.15, 0.2) is 42.5 Å². The highest BCUT2D eigenvalue weighted by Crippen LogP contribution is 2.11. The highest BCUT2D eigenvalue weighted by Gasteiger charge is 1.89. The number of carbonyl (C=O) groups is 1. The number of carbonyl (C=O) groups excluding carboxylic acids is 1. The van der Waals surface area contributed by atoms with E-state index in [-0.39, 0.29) is 5.97 Å². The molecule has 0 radical (unpaired) electrons. The van der Waals surface area contributed by atoms with E-state index in [2.05, 4.69) is 56.4 Å². The maximum absolute atomic E-state index is 9.59. The molecule has 2 nitrogen and oxygen atoms in total. The number of esters is 1. The molecule has 16 heavy (non-hydrogen) atoms. The van der Waals surface area contributed by atoms with Crippen LogP contribution in [0.2, 0.25) is 0 Å². The minimum Gasteiger partial charge on any atom is -0.469 e. The molecule has 0 saturated heterocycles. The Hall–Kier alpha value is -1.40. The van der Waals surface area contributed by atoms with Crippen LogP contribution in [0.25, 0.3) is 10.8 Å². The standard InChI is InChI=1S/C10H9P.C3H6O2/c11-10-6-5-8-3-1-2-4-9(8)7-10;1-3(4)5-2/h1-7H,11H2;1-2H3. The number of methoxy groups -OCH3 is 1. The molecule has 84 valence electrons. The van der Waals surface area contributed by atoms with Crippen LogP contribution in [-0.2, 0) is 9.53 Å². The summed E-state index contributed by atoms with van der Waals surface area (Å²) in [6, 6.07) is 14.8. The molecule has 1 atom stereocenters. The highest BCUT2D eigenvalue weighted by atomic mass is 31.0. The fraction of sp³-hybridized carbons (Fsp3) is 0.154. The molecule has 0 spiro atoms. The zero-order valence-corrected chi connectivity index (χ0v) is 10.6. The maximum atomic E-state index is 9.59. The van der Waals surface area contributed by atoms with Crippen LogP contribution in [-0.4, -0.2) is 13.1 Å². The molecular weight excluding hydrogens is 219 g/mol. The first-order valence-corrected chi connectivity index (χ1v) is 5.50. The summed E-state index contributed by atoms with van der Waals surface area (Å²) in [7, 11) is 4.05. The van der Waals surface area contributed by atoms with Crippen molar-refractivity contribution in [3.05, 3.63) is 42.5 Å². The largest absolute Gasteiger partial charge is 0.469 e. The number of ether oxygens (including phenoxy) is 1. The molecule has 0 aliphatic carbocycles. The number of benzene rings is 2. The molecule has 0 aromatic heterocycles. The van der Waals surface area contributed by atoms with Crippen molar-refractivity contribution in [2.45, 2.75) is 6.92 Å². The van der Waals surface area contributed by atoms with Crippen LogP contribution in [0.4, 0.5) is 0 Å². The van der Waals surface area contributed by atoms with E-state index in [1.165, 1.54) is 30.1 Å². The van der Waals surface area contributed by atoms with Gasteiger partial charge in [-0.15, -0.1) is 9.24 Å². The predicted molar refractivity (Wildman–Crippen MR) is 71.0 cm³/mol. The number of rotatable bonds is 0. The average molecular weight is 234 g/mol. The van der Waals surface area contributed by atoms with Gasteiger partial charge in [-0.2, -0.15) is 0 Å². The molecule has 0 N–H and O–H groups in total. The molecular formula is C13H15O2P. The van der Waals surface area contributed by atoms with Gasteiger partial charge in [0.2, 0.25) is 0 Å². The molecule has 0 aliphatic heterocycles. The Kier molecular flexibility index (Phi) is 4.94. The first-order chi connectivity index (χ1) is 7.63. The van der Waals surface area contributed by atoms with E-state index in [1.54, 1.807) is 0 Å². The van der Waals surface area contributed by atoms with Crippen LogP contribution in [0.1, 0.15) is 6.92 Å². The number of hydrogen-bond acceptors (Lipinski definition) is 2. The Morgan fingerprint density at radius 1 is 1.12 bits per heavy atom. The van der Waals surface area contributed by atoms with Gasteiger partial charge in [-0.3, -0.25) is 4.79 Å². The van der Waals surface area contributed by atoms with E-state index >= 15 is 0 Å². The Balaban J connectivity index is 0.000000221. The quantitative estimate of drug-likeness (QED) is 0.517. The van der Waals surface area contributed by atoms with E-state index < -0.39 is 0 Å². The molecule has 0 aliphatic rings. The van der Waals surface area contributed by atoms with Crippen LogP contribution in [0, 0.1) is 0 Å². The zero-order valence-electron chi connectivity index (χ0n) is 9.44. The second-order valence-electron chi connectivity index (χ2n) is 3.30. The van der Waals surface area contributed by atoms with Gasteiger partial charge in [0.1, 0.15) is 0 Å². The fourth-order valence-corrected chi connectivity index (χ4v) is 1.48. The van der Waals surface area contributed by atoms with Crippen molar-refractivity contribution in [1.29, 1.82) is 0 Å². The average Bonchev–Trinajstić information content (AvgIpc) is 2.29. The molecule has 2 aromatic rings. The smallest absolute Gasteiger partial charge is 0.302 e. The summed E-state index contributed by atoms with van der Waals surface area (Å²) in [6.07, 6.45) is 0. The molecule has 3 heteroatoms. The molecule has 0 heterocycles. The molecule has 0 amide bonds. The summed E-state index contributed by atoms with van der Waals surface area (Å²) >= 11 is 0. The van der Waals surface area contributed by atoms with Crippen molar-refractivity contribution in [3.63, 3.8) is 0 Å². The summed E-state index contributed by atoms with van der Waals surface area (Å²) in [5.41, 5.74) is 0. The summed E-state index contributed by atoms with van der Waals surface area (Å²) in [5, 5.41) is 3.85. The monoisotopic (exact) mass is 234 g/mol. The molecule has 0 bridgehead atoms. The molecule has 1 unspecified atom stereocenters. The maximum Gasteiger partial charge on any atom is 0.302 e. The minimum atomic E-state index is -0.245. The lowest BCUT2D eigenvalue weighted by Gasteiger charge is -1.96. The van der Waals surface area contributed by atoms with Crippen LogP contribution in [0.3, 0.4) is 0 Å². The van der Waals surface area contributed by atoms with E-state index in [9.17, 15) is 4.79 Å². The second-order valence-corrected chi connectivity index (χ2v) is 3.97. The lowest BCUT2D eigenvalue weighted by Crippen LogP contribution is -1.88. The summed E-state index contributed by atoms with van der Waals surface area (Å²) in [4.78, 5) is 9.59. The molecule has 0 saturated carbocycles. The third-order valence-electron chi connectivity index (χ3n) is 2.06. The Bertz CT molecular complexity index is 480. The summed E-state index contributed by atoms with van der Waals surface area (Å²) < 4.78 is 4.11. The summed E-state index contributed by atoms with van der Waals surface area (Å²) in [6.45, 7) is 1.36. The highest BCUT2D eigenvalue weighted by molar-refractivity contribution is 7.27. The van der Waals surface area contributed by atoms with E-state index in [1.807, 2.05) is 0 Å². The summed E-state index contributed by atoms with van der Waals surface area (Å²) in [5.74, 6) is -0.245. The number of hydrogen-bond donors (Lipinski definition) is 0. The molecule has 2 aromatic carbocycles. The topological polar surface area (TPSA) is 26.3 Å². The van der Waals surface area contributed by atoms with Gasteiger partial charge in [0.05, 0.1) is 7.11 Å². The predicted octanol–water partition coefficient (Wildman–Crippen LogP) is 2.52. The van der Waals surface area contributed by atoms with Gasteiger partial charge in [-0.05, 0) is 22.1 Å². The van der Waals surface area contributed by atoms with E-state index in [0.29, 0.717) is 0 Å². The Morgan fingerprint density at radius 3 is 2.25 bits per heavy atom. The molecule has 0 fully saturated rings. The third-order valence-corrected chi connectivity index (χ3v) is 2.42. The van der Waals surface area contributed by atoms with Gasteiger partial charge < -0.3 is 4.74 Å². The minimum absolute atomic E-state index is 0.245. The SMILES string of the molecule is COC(C)=O.Pc1ccc2ccccc2c1. The molecule has 2 rings (SSSR count). The van der Waals surface area contributed by atoms with Gasteiger partial charge in [0.25, 0.3) is 0 Å². The van der Waals surface area contributed by atoms with E-state index in [0.717, 1.165) is 0 Å². The second kappa shape index (κ2) is 6.24. The Morgan fingerprint density at radius 2 is 1.69 bits per heavy atom. The zero-order chi connectivity index (χ0) is 12.0. The first-order valence-electron chi connectivity index (χ1n) is 4.92. The lowest BCUT2D eigenvalue weighted by atomic mass is 10.1. The van der Waals surface area contributed by atoms with E-state index in [4.69, 9.17) is 0 Å². The fourth-order valence-electron chi connectivity index (χ4n) is 1.21. The number of fused-ring (bicyclic) bond motifs is 1. The van der Waals surface area contributed by atoms with Crippen LogP contribution >= 0.6 is 9.24 Å². The normalized spacial score (nSPS) is 9.19. The lowest BCUT2D eigenvalue weighted by molar-refractivity contribution is -0.137. The van der Waals surface area contributed by atoms with Crippen LogP contribution < -0.4 is 5.30 Å². The van der Waals surface area contributed by atoms with Gasteiger partial charge in [0, 0.05) is 6.92 Å². The van der Waals surface area contributed by atoms with Crippen LogP contribution in [0.5, 0.6) is 0 Å². The van der Waals surface area contributed by atoms with Crippen molar-refractivity contribution >= 4 is 31.3 Å². The third kappa shape index (κ3) is 4.00. The van der Waals surface area contributed by atoms with Gasteiger partial charge in [0.15, 0.2) is 0 Å². The first kappa shape index (κ1) is 12.7. The van der Waals surface area contributed by atoms with Crippen molar-refractivity contribution in [1.82, 2.24) is 0 Å². The van der Waals surface area contributed by atoms with Gasteiger partial charge in [-0.25, -0.2) is 0 Å².